The normalized spacial score (nSPS) is 14.9. The standard InChI is InChI=1S/C18H33N3/c1-15(2)14-21(13-12-20(5)6)16(3)18(19-4)17-10-8-7-9-11-17/h7-11,15-16,18-19H,12-14H2,1-6H3. The zero-order chi connectivity index (χ0) is 15.8. The summed E-state index contributed by atoms with van der Waals surface area (Å²) in [5.74, 6) is 0.683. The van der Waals surface area contributed by atoms with Crippen molar-refractivity contribution in [2.45, 2.75) is 32.9 Å². The second-order valence-corrected chi connectivity index (χ2v) is 6.61. The highest BCUT2D eigenvalue weighted by atomic mass is 15.2. The molecule has 0 fully saturated rings. The van der Waals surface area contributed by atoms with Gasteiger partial charge in [0.2, 0.25) is 0 Å². The molecule has 1 aromatic rings. The third-order valence-electron chi connectivity index (χ3n) is 3.96. The summed E-state index contributed by atoms with van der Waals surface area (Å²) in [5, 5.41) is 3.50. The van der Waals surface area contributed by atoms with Gasteiger partial charge < -0.3 is 10.2 Å². The average Bonchev–Trinajstić information content (AvgIpc) is 2.44. The fourth-order valence-corrected chi connectivity index (χ4v) is 2.82. The fraction of sp³-hybridized carbons (Fsp3) is 0.667. The van der Waals surface area contributed by atoms with Gasteiger partial charge in [0.1, 0.15) is 0 Å². The number of benzene rings is 1. The Hall–Kier alpha value is -0.900. The van der Waals surface area contributed by atoms with Gasteiger partial charge in [0.05, 0.1) is 0 Å². The Morgan fingerprint density at radius 2 is 1.62 bits per heavy atom. The maximum atomic E-state index is 3.50. The predicted molar refractivity (Wildman–Crippen MR) is 92.7 cm³/mol. The van der Waals surface area contributed by atoms with E-state index in [0.717, 1.165) is 19.6 Å². The van der Waals surface area contributed by atoms with Gasteiger partial charge >= 0.3 is 0 Å². The van der Waals surface area contributed by atoms with Gasteiger partial charge in [-0.2, -0.15) is 0 Å². The molecule has 0 saturated heterocycles. The summed E-state index contributed by atoms with van der Waals surface area (Å²) in [6.45, 7) is 10.3. The Bertz CT molecular complexity index is 375. The van der Waals surface area contributed by atoms with Crippen molar-refractivity contribution < 1.29 is 0 Å². The smallest absolute Gasteiger partial charge is 0.0473 e. The first-order valence-corrected chi connectivity index (χ1v) is 8.06. The molecule has 3 heteroatoms. The number of rotatable bonds is 9. The van der Waals surface area contributed by atoms with E-state index in [1.165, 1.54) is 5.56 Å². The van der Waals surface area contributed by atoms with Gasteiger partial charge in [-0.15, -0.1) is 0 Å². The monoisotopic (exact) mass is 291 g/mol. The lowest BCUT2D eigenvalue weighted by atomic mass is 9.98. The summed E-state index contributed by atoms with van der Waals surface area (Å²) in [4.78, 5) is 4.87. The topological polar surface area (TPSA) is 18.5 Å². The Morgan fingerprint density at radius 1 is 1.00 bits per heavy atom. The highest BCUT2D eigenvalue weighted by molar-refractivity contribution is 5.20. The molecule has 21 heavy (non-hydrogen) atoms. The molecule has 1 N–H and O–H groups in total. The summed E-state index contributed by atoms with van der Waals surface area (Å²) in [6.07, 6.45) is 0. The quantitative estimate of drug-likeness (QED) is 0.755. The number of hydrogen-bond donors (Lipinski definition) is 1. The minimum atomic E-state index is 0.368. The summed E-state index contributed by atoms with van der Waals surface area (Å²) < 4.78 is 0. The van der Waals surface area contributed by atoms with E-state index in [1.54, 1.807) is 0 Å². The van der Waals surface area contributed by atoms with Crippen LogP contribution in [0.1, 0.15) is 32.4 Å². The third kappa shape index (κ3) is 6.16. The summed E-state index contributed by atoms with van der Waals surface area (Å²) in [7, 11) is 6.35. The van der Waals surface area contributed by atoms with E-state index in [4.69, 9.17) is 0 Å². The molecule has 0 aliphatic heterocycles. The van der Waals surface area contributed by atoms with Crippen LogP contribution in [0.2, 0.25) is 0 Å². The molecule has 0 bridgehead atoms. The number of nitrogens with zero attached hydrogens (tertiary/aromatic N) is 2. The van der Waals surface area contributed by atoms with Crippen molar-refractivity contribution in [3.05, 3.63) is 35.9 Å². The molecule has 1 aromatic carbocycles. The van der Waals surface area contributed by atoms with Crippen molar-refractivity contribution in [3.8, 4) is 0 Å². The van der Waals surface area contributed by atoms with Crippen LogP contribution in [0.5, 0.6) is 0 Å². The first kappa shape index (κ1) is 18.1. The first-order chi connectivity index (χ1) is 9.95. The fourth-order valence-electron chi connectivity index (χ4n) is 2.82. The van der Waals surface area contributed by atoms with Crippen LogP contribution in [0.4, 0.5) is 0 Å². The van der Waals surface area contributed by atoms with Crippen molar-refractivity contribution in [1.29, 1.82) is 0 Å². The van der Waals surface area contributed by atoms with Gasteiger partial charge in [-0.25, -0.2) is 0 Å². The van der Waals surface area contributed by atoms with Crippen LogP contribution < -0.4 is 5.32 Å². The zero-order valence-corrected chi connectivity index (χ0v) is 14.6. The molecule has 0 radical (unpaired) electrons. The van der Waals surface area contributed by atoms with Crippen LogP contribution >= 0.6 is 0 Å². The van der Waals surface area contributed by atoms with E-state index in [2.05, 4.69) is 87.4 Å². The molecule has 120 valence electrons. The van der Waals surface area contributed by atoms with Crippen LogP contribution in [-0.4, -0.2) is 56.6 Å². The molecule has 2 unspecified atom stereocenters. The molecule has 0 saturated carbocycles. The zero-order valence-electron chi connectivity index (χ0n) is 14.6. The minimum Gasteiger partial charge on any atom is -0.312 e. The Balaban J connectivity index is 2.82. The number of nitrogens with one attached hydrogen (secondary N) is 1. The van der Waals surface area contributed by atoms with Gasteiger partial charge in [0, 0.05) is 31.7 Å². The average molecular weight is 291 g/mol. The van der Waals surface area contributed by atoms with Gasteiger partial charge in [0.15, 0.2) is 0 Å². The molecule has 0 aliphatic rings. The molecule has 0 amide bonds. The van der Waals surface area contributed by atoms with E-state index in [-0.39, 0.29) is 0 Å². The maximum absolute atomic E-state index is 3.50. The van der Waals surface area contributed by atoms with Gasteiger partial charge in [-0.3, -0.25) is 4.90 Å². The molecular formula is C18H33N3. The van der Waals surface area contributed by atoms with E-state index in [1.807, 2.05) is 0 Å². The van der Waals surface area contributed by atoms with E-state index in [9.17, 15) is 0 Å². The second-order valence-electron chi connectivity index (χ2n) is 6.61. The summed E-state index contributed by atoms with van der Waals surface area (Å²) >= 11 is 0. The largest absolute Gasteiger partial charge is 0.312 e. The Labute approximate surface area is 131 Å². The summed E-state index contributed by atoms with van der Waals surface area (Å²) in [5.41, 5.74) is 1.37. The van der Waals surface area contributed by atoms with Crippen molar-refractivity contribution in [2.75, 3.05) is 40.8 Å². The third-order valence-corrected chi connectivity index (χ3v) is 3.96. The van der Waals surface area contributed by atoms with Crippen molar-refractivity contribution in [1.82, 2.24) is 15.1 Å². The molecular weight excluding hydrogens is 258 g/mol. The van der Waals surface area contributed by atoms with Crippen LogP contribution in [-0.2, 0) is 0 Å². The van der Waals surface area contributed by atoms with Gasteiger partial charge in [-0.1, -0.05) is 44.2 Å². The molecule has 0 aliphatic carbocycles. The predicted octanol–water partition coefficient (Wildman–Crippen LogP) is 2.86. The maximum Gasteiger partial charge on any atom is 0.0473 e. The molecule has 3 nitrogen and oxygen atoms in total. The van der Waals surface area contributed by atoms with Crippen molar-refractivity contribution in [3.63, 3.8) is 0 Å². The van der Waals surface area contributed by atoms with Gasteiger partial charge in [0.25, 0.3) is 0 Å². The van der Waals surface area contributed by atoms with Crippen LogP contribution in [0.15, 0.2) is 30.3 Å². The highest BCUT2D eigenvalue weighted by Crippen LogP contribution is 2.21. The lowest BCUT2D eigenvalue weighted by Gasteiger charge is -2.36. The highest BCUT2D eigenvalue weighted by Gasteiger charge is 2.24. The second kappa shape index (κ2) is 9.19. The Morgan fingerprint density at radius 3 is 2.10 bits per heavy atom. The first-order valence-electron chi connectivity index (χ1n) is 8.06. The van der Waals surface area contributed by atoms with Crippen LogP contribution in [0.25, 0.3) is 0 Å². The molecule has 1 rings (SSSR count). The van der Waals surface area contributed by atoms with Crippen molar-refractivity contribution in [2.24, 2.45) is 5.92 Å². The van der Waals surface area contributed by atoms with Crippen molar-refractivity contribution >= 4 is 0 Å². The Kier molecular flexibility index (Phi) is 7.94. The van der Waals surface area contributed by atoms with E-state index in [0.29, 0.717) is 18.0 Å². The van der Waals surface area contributed by atoms with Crippen LogP contribution in [0.3, 0.4) is 0 Å². The van der Waals surface area contributed by atoms with Crippen LogP contribution in [0, 0.1) is 5.92 Å². The lowest BCUT2D eigenvalue weighted by molar-refractivity contribution is 0.142. The molecule has 2 atom stereocenters. The number of likely N-dealkylation sites (N-methyl/N-ethyl adjacent to an activating group) is 2. The van der Waals surface area contributed by atoms with E-state index >= 15 is 0 Å². The van der Waals surface area contributed by atoms with E-state index < -0.39 is 0 Å². The van der Waals surface area contributed by atoms with Gasteiger partial charge in [-0.05, 0) is 39.5 Å². The lowest BCUT2D eigenvalue weighted by Crippen LogP contribution is -2.46. The molecule has 0 spiro atoms. The molecule has 0 heterocycles. The molecule has 0 aromatic heterocycles. The summed E-state index contributed by atoms with van der Waals surface area (Å²) in [6, 6.07) is 11.6. The number of hydrogen-bond acceptors (Lipinski definition) is 3. The SMILES string of the molecule is CNC(c1ccccc1)C(C)N(CCN(C)C)CC(C)C. The minimum absolute atomic E-state index is 0.368.